The third-order valence-corrected chi connectivity index (χ3v) is 8.15. The minimum Gasteiger partial charge on any atom is -0.481 e. The van der Waals surface area contributed by atoms with Gasteiger partial charge in [-0.1, -0.05) is 51.9 Å². The number of aromatic nitrogens is 1. The Morgan fingerprint density at radius 2 is 1.80 bits per heavy atom. The zero-order chi connectivity index (χ0) is 29.7. The predicted octanol–water partition coefficient (Wildman–Crippen LogP) is 6.46. The molecule has 2 aromatic rings. The highest BCUT2D eigenvalue weighted by molar-refractivity contribution is 5.95. The smallest absolute Gasteiger partial charge is 0.308 e. The molecule has 1 aromatic heterocycles. The van der Waals surface area contributed by atoms with Crippen molar-refractivity contribution in [3.05, 3.63) is 36.0 Å². The number of pyridine rings is 1. The van der Waals surface area contributed by atoms with Gasteiger partial charge in [0.2, 0.25) is 0 Å². The highest BCUT2D eigenvalue weighted by Crippen LogP contribution is 2.36. The van der Waals surface area contributed by atoms with Gasteiger partial charge in [0.1, 0.15) is 6.07 Å². The quantitative estimate of drug-likeness (QED) is 0.282. The minimum absolute atomic E-state index is 0.000811. The third kappa shape index (κ3) is 10.5. The van der Waals surface area contributed by atoms with E-state index in [4.69, 9.17) is 10.4 Å². The maximum atomic E-state index is 13.9. The zero-order valence-corrected chi connectivity index (χ0v) is 24.8. The maximum Gasteiger partial charge on any atom is 0.308 e. The Morgan fingerprint density at radius 3 is 2.46 bits per heavy atom. The fraction of sp³-hybridized carbons (Fsp3) is 0.656. The van der Waals surface area contributed by atoms with E-state index in [2.05, 4.69) is 29.2 Å². The third-order valence-electron chi connectivity index (χ3n) is 8.15. The molecule has 2 N–H and O–H groups in total. The van der Waals surface area contributed by atoms with Crippen molar-refractivity contribution in [3.63, 3.8) is 0 Å². The summed E-state index contributed by atoms with van der Waals surface area (Å²) in [5.74, 6) is -5.45. The molecule has 2 aliphatic rings. The van der Waals surface area contributed by atoms with Gasteiger partial charge in [0.25, 0.3) is 5.92 Å². The number of nitrogens with zero attached hydrogens (tertiary/aromatic N) is 4. The Hall–Kier alpha value is -2.83. The van der Waals surface area contributed by atoms with Crippen molar-refractivity contribution in [3.8, 4) is 6.07 Å². The molecule has 41 heavy (non-hydrogen) atoms. The van der Waals surface area contributed by atoms with Crippen molar-refractivity contribution < 1.29 is 18.7 Å². The number of nitriles is 1. The van der Waals surface area contributed by atoms with Crippen LogP contribution in [-0.4, -0.2) is 72.7 Å². The number of alkyl halides is 2. The molecule has 2 saturated heterocycles. The van der Waals surface area contributed by atoms with Crippen LogP contribution in [-0.2, 0) is 4.79 Å². The molecule has 2 fully saturated rings. The highest BCUT2D eigenvalue weighted by atomic mass is 19.3. The normalized spacial score (nSPS) is 19.4. The Morgan fingerprint density at radius 1 is 1.12 bits per heavy atom. The molecular formula is C32H47F2N5O2. The molecule has 1 unspecified atom stereocenters. The molecule has 1 atom stereocenters. The second kappa shape index (κ2) is 16.6. The second-order valence-electron chi connectivity index (χ2n) is 11.6. The van der Waals surface area contributed by atoms with Crippen LogP contribution in [0.15, 0.2) is 30.5 Å². The van der Waals surface area contributed by atoms with Crippen LogP contribution >= 0.6 is 0 Å². The fourth-order valence-electron chi connectivity index (χ4n) is 5.75. The van der Waals surface area contributed by atoms with E-state index >= 15 is 0 Å². The number of nitrogens with one attached hydrogen (secondary N) is 1. The molecule has 0 radical (unpaired) electrons. The number of carbonyl (C=O) groups is 1. The Balaban J connectivity index is 0.000000233. The monoisotopic (exact) mass is 571 g/mol. The summed E-state index contributed by atoms with van der Waals surface area (Å²) in [6.45, 7) is 5.52. The van der Waals surface area contributed by atoms with E-state index in [0.29, 0.717) is 22.2 Å². The summed E-state index contributed by atoms with van der Waals surface area (Å²) >= 11 is 0. The number of likely N-dealkylation sites (tertiary alicyclic amines) is 1. The first-order chi connectivity index (χ1) is 19.7. The van der Waals surface area contributed by atoms with Gasteiger partial charge in [-0.25, -0.2) is 8.78 Å². The number of carboxylic acid groups (broad SMARTS) is 1. The maximum absolute atomic E-state index is 13.9. The number of anilines is 1. The van der Waals surface area contributed by atoms with E-state index < -0.39 is 30.8 Å². The average Bonchev–Trinajstić information content (AvgIpc) is 2.96. The van der Waals surface area contributed by atoms with Gasteiger partial charge >= 0.3 is 5.97 Å². The van der Waals surface area contributed by atoms with Crippen LogP contribution in [0.25, 0.3) is 10.9 Å². The zero-order valence-electron chi connectivity index (χ0n) is 24.8. The molecule has 0 amide bonds. The van der Waals surface area contributed by atoms with Crippen molar-refractivity contribution in [2.75, 3.05) is 44.7 Å². The number of hydrogen-bond donors (Lipinski definition) is 2. The summed E-state index contributed by atoms with van der Waals surface area (Å²) in [6.07, 6.45) is 14.9. The molecule has 0 saturated carbocycles. The summed E-state index contributed by atoms with van der Waals surface area (Å²) in [4.78, 5) is 19.1. The summed E-state index contributed by atoms with van der Waals surface area (Å²) in [5, 5.41) is 22.5. The van der Waals surface area contributed by atoms with E-state index in [1.165, 1.54) is 101 Å². The molecule has 4 rings (SSSR count). The van der Waals surface area contributed by atoms with Crippen LogP contribution in [0.4, 0.5) is 14.5 Å². The molecule has 1 aromatic carbocycles. The van der Waals surface area contributed by atoms with Crippen LogP contribution in [0.3, 0.4) is 0 Å². The van der Waals surface area contributed by atoms with Crippen LogP contribution in [0, 0.1) is 17.2 Å². The van der Waals surface area contributed by atoms with Crippen LogP contribution in [0.5, 0.6) is 0 Å². The van der Waals surface area contributed by atoms with E-state index in [0.717, 1.165) is 6.04 Å². The second-order valence-corrected chi connectivity index (χ2v) is 11.6. The fourth-order valence-corrected chi connectivity index (χ4v) is 5.75. The topological polar surface area (TPSA) is 92.5 Å². The Labute approximate surface area is 243 Å². The lowest BCUT2D eigenvalue weighted by molar-refractivity contribution is -0.146. The number of aliphatic carboxylic acids is 1. The number of hydrogen-bond acceptors (Lipinski definition) is 6. The molecule has 0 aliphatic carbocycles. The first-order valence-corrected chi connectivity index (χ1v) is 15.3. The number of piperidine rings is 2. The van der Waals surface area contributed by atoms with Crippen molar-refractivity contribution in [1.29, 1.82) is 5.26 Å². The van der Waals surface area contributed by atoms with Crippen LogP contribution in [0.2, 0.25) is 0 Å². The van der Waals surface area contributed by atoms with Gasteiger partial charge in [-0.2, -0.15) is 5.26 Å². The lowest BCUT2D eigenvalue weighted by Gasteiger charge is -2.37. The van der Waals surface area contributed by atoms with Crippen LogP contribution in [0.1, 0.15) is 83.1 Å². The van der Waals surface area contributed by atoms with Gasteiger partial charge in [-0.3, -0.25) is 9.78 Å². The first-order valence-electron chi connectivity index (χ1n) is 15.3. The van der Waals surface area contributed by atoms with Crippen molar-refractivity contribution in [1.82, 2.24) is 15.2 Å². The summed E-state index contributed by atoms with van der Waals surface area (Å²) in [5.41, 5.74) is 1.24. The van der Waals surface area contributed by atoms with Crippen molar-refractivity contribution >= 4 is 22.6 Å². The number of rotatable bonds is 12. The van der Waals surface area contributed by atoms with E-state index in [9.17, 15) is 13.6 Å². The van der Waals surface area contributed by atoms with Crippen molar-refractivity contribution in [2.24, 2.45) is 5.92 Å². The molecule has 3 heterocycles. The molecule has 0 spiro atoms. The molecule has 7 nitrogen and oxygen atoms in total. The van der Waals surface area contributed by atoms with Gasteiger partial charge < -0.3 is 20.2 Å². The van der Waals surface area contributed by atoms with Gasteiger partial charge in [0.05, 0.1) is 23.5 Å². The van der Waals surface area contributed by atoms with Gasteiger partial charge in [-0.15, -0.1) is 0 Å². The number of carboxylic acids is 1. The average molecular weight is 572 g/mol. The van der Waals surface area contributed by atoms with Crippen LogP contribution < -0.4 is 10.2 Å². The number of fused-ring (bicyclic) bond motifs is 1. The lowest BCUT2D eigenvalue weighted by Crippen LogP contribution is -2.49. The summed E-state index contributed by atoms with van der Waals surface area (Å²) < 4.78 is 27.8. The summed E-state index contributed by atoms with van der Waals surface area (Å²) in [7, 11) is 2.23. The molecular weight excluding hydrogens is 524 g/mol. The Bertz CT molecular complexity index is 1130. The Kier molecular flexibility index (Phi) is 13.2. The number of halogens is 2. The lowest BCUT2D eigenvalue weighted by atomic mass is 9.94. The number of unbranched alkanes of at least 4 members (excludes halogenated alkanes) is 7. The molecule has 9 heteroatoms. The van der Waals surface area contributed by atoms with Crippen molar-refractivity contribution in [2.45, 2.75) is 89.5 Å². The SMILES string of the molecule is CCCCCCCCCCNC1CCN(C)CC1.N#Cc1ccc(N2CC(C(=O)O)CC(F)(F)C2)c2cccnc12. The largest absolute Gasteiger partial charge is 0.481 e. The standard InChI is InChI=1S/C16H13F2N3O2.C16H34N2/c17-16(18)6-11(15(22)23)8-21(9-16)13-4-3-10(7-19)14-12(13)2-1-5-20-14;1-3-4-5-6-7-8-9-10-13-17-16-11-14-18(2)15-12-16/h1-5,11H,6,8-9H2,(H,22,23);16-17H,3-15H2,1-2H3. The highest BCUT2D eigenvalue weighted by Gasteiger charge is 2.43. The summed E-state index contributed by atoms with van der Waals surface area (Å²) in [6, 6.07) is 9.26. The molecule has 226 valence electrons. The molecule has 0 bridgehead atoms. The molecule has 2 aliphatic heterocycles. The van der Waals surface area contributed by atoms with E-state index in [-0.39, 0.29) is 6.54 Å². The van der Waals surface area contributed by atoms with Gasteiger partial charge in [0.15, 0.2) is 0 Å². The first kappa shape index (κ1) is 32.7. The van der Waals surface area contributed by atoms with Gasteiger partial charge in [-0.05, 0) is 70.2 Å². The predicted molar refractivity (Wildman–Crippen MR) is 160 cm³/mol. The minimum atomic E-state index is -3.08. The van der Waals surface area contributed by atoms with Gasteiger partial charge in [0, 0.05) is 36.3 Å². The van der Waals surface area contributed by atoms with E-state index in [1.54, 1.807) is 18.2 Å². The van der Waals surface area contributed by atoms with E-state index in [1.807, 2.05) is 6.07 Å². The number of benzene rings is 1.